The third-order valence-electron chi connectivity index (χ3n) is 2.84. The Labute approximate surface area is 99.5 Å². The fourth-order valence-electron chi connectivity index (χ4n) is 2.11. The molecular formula is C13H16N2O2. The first-order valence-corrected chi connectivity index (χ1v) is 5.91. The van der Waals surface area contributed by atoms with Crippen molar-refractivity contribution in [3.8, 4) is 0 Å². The number of hydrogen-bond donors (Lipinski definition) is 0. The number of carbonyl (C=O) groups excluding carboxylic acids is 1. The van der Waals surface area contributed by atoms with Crippen LogP contribution in [0.1, 0.15) is 19.8 Å². The molecule has 0 N–H and O–H groups in total. The number of benzene rings is 1. The second kappa shape index (κ2) is 4.99. The number of hydrogen-bond acceptors (Lipinski definition) is 2. The van der Waals surface area contributed by atoms with E-state index >= 15 is 0 Å². The van der Waals surface area contributed by atoms with Crippen molar-refractivity contribution in [2.75, 3.05) is 0 Å². The number of imidazole rings is 1. The van der Waals surface area contributed by atoms with Gasteiger partial charge in [-0.25, -0.2) is 4.79 Å². The van der Waals surface area contributed by atoms with Gasteiger partial charge in [0.2, 0.25) is 0 Å². The highest BCUT2D eigenvalue weighted by atomic mass is 16.1. The zero-order chi connectivity index (χ0) is 12.3. The average molecular weight is 232 g/mol. The Bertz CT molecular complexity index is 581. The predicted molar refractivity (Wildman–Crippen MR) is 67.2 cm³/mol. The lowest BCUT2D eigenvalue weighted by atomic mass is 10.3. The Hall–Kier alpha value is -1.84. The molecule has 1 aromatic carbocycles. The van der Waals surface area contributed by atoms with Gasteiger partial charge in [-0.05, 0) is 18.6 Å². The van der Waals surface area contributed by atoms with E-state index in [1.165, 1.54) is 0 Å². The van der Waals surface area contributed by atoms with Gasteiger partial charge in [-0.1, -0.05) is 19.1 Å². The Morgan fingerprint density at radius 2 is 1.71 bits per heavy atom. The van der Waals surface area contributed by atoms with E-state index in [0.717, 1.165) is 23.7 Å². The second-order valence-corrected chi connectivity index (χ2v) is 4.03. The topological polar surface area (TPSA) is 44.0 Å². The molecule has 0 unspecified atom stereocenters. The van der Waals surface area contributed by atoms with E-state index < -0.39 is 0 Å². The Morgan fingerprint density at radius 1 is 1.12 bits per heavy atom. The van der Waals surface area contributed by atoms with Gasteiger partial charge in [0, 0.05) is 19.5 Å². The highest BCUT2D eigenvalue weighted by Gasteiger charge is 2.11. The Morgan fingerprint density at radius 3 is 2.24 bits per heavy atom. The second-order valence-electron chi connectivity index (χ2n) is 4.03. The number of para-hydroxylation sites is 2. The number of aryl methyl sites for hydroxylation is 2. The minimum Gasteiger partial charge on any atom is -0.303 e. The van der Waals surface area contributed by atoms with Crippen LogP contribution in [-0.4, -0.2) is 15.4 Å². The molecule has 2 rings (SSSR count). The maximum atomic E-state index is 12.2. The summed E-state index contributed by atoms with van der Waals surface area (Å²) in [5, 5.41) is 0. The van der Waals surface area contributed by atoms with Crippen molar-refractivity contribution in [3.63, 3.8) is 0 Å². The van der Waals surface area contributed by atoms with Gasteiger partial charge in [-0.3, -0.25) is 9.13 Å². The molecule has 90 valence electrons. The van der Waals surface area contributed by atoms with Gasteiger partial charge < -0.3 is 4.79 Å². The maximum Gasteiger partial charge on any atom is 0.329 e. The first-order chi connectivity index (χ1) is 8.29. The number of aldehydes is 1. The van der Waals surface area contributed by atoms with E-state index in [2.05, 4.69) is 0 Å². The molecule has 0 aliphatic rings. The van der Waals surface area contributed by atoms with Crippen molar-refractivity contribution >= 4 is 17.3 Å². The Kier molecular flexibility index (Phi) is 3.42. The van der Waals surface area contributed by atoms with E-state index in [0.29, 0.717) is 19.5 Å². The van der Waals surface area contributed by atoms with Gasteiger partial charge in [-0.2, -0.15) is 0 Å². The smallest absolute Gasteiger partial charge is 0.303 e. The molecule has 0 fully saturated rings. The third kappa shape index (κ3) is 2.02. The van der Waals surface area contributed by atoms with Crippen molar-refractivity contribution in [2.24, 2.45) is 0 Å². The van der Waals surface area contributed by atoms with Gasteiger partial charge in [0.15, 0.2) is 0 Å². The van der Waals surface area contributed by atoms with Gasteiger partial charge in [0.25, 0.3) is 0 Å². The van der Waals surface area contributed by atoms with Crippen molar-refractivity contribution in [2.45, 2.75) is 32.9 Å². The summed E-state index contributed by atoms with van der Waals surface area (Å²) in [5.74, 6) is 0. The van der Waals surface area contributed by atoms with Crippen LogP contribution < -0.4 is 5.69 Å². The van der Waals surface area contributed by atoms with E-state index in [1.54, 1.807) is 9.13 Å². The fraction of sp³-hybridized carbons (Fsp3) is 0.385. The van der Waals surface area contributed by atoms with Crippen LogP contribution in [0.25, 0.3) is 11.0 Å². The van der Waals surface area contributed by atoms with Crippen molar-refractivity contribution < 1.29 is 4.79 Å². The molecule has 17 heavy (non-hydrogen) atoms. The molecule has 1 aromatic heterocycles. The number of nitrogens with zero attached hydrogens (tertiary/aromatic N) is 2. The molecule has 0 saturated carbocycles. The molecule has 4 nitrogen and oxygen atoms in total. The number of carbonyl (C=O) groups is 1. The quantitative estimate of drug-likeness (QED) is 0.738. The molecule has 0 amide bonds. The minimum atomic E-state index is -0.0186. The lowest BCUT2D eigenvalue weighted by Crippen LogP contribution is -2.24. The van der Waals surface area contributed by atoms with Crippen LogP contribution in [0.3, 0.4) is 0 Å². The zero-order valence-corrected chi connectivity index (χ0v) is 9.93. The maximum absolute atomic E-state index is 12.2. The predicted octanol–water partition coefficient (Wildman–Crippen LogP) is 1.80. The summed E-state index contributed by atoms with van der Waals surface area (Å²) in [6.45, 7) is 3.22. The van der Waals surface area contributed by atoms with Crippen molar-refractivity contribution in [3.05, 3.63) is 34.7 Å². The zero-order valence-electron chi connectivity index (χ0n) is 9.93. The average Bonchev–Trinajstić information content (AvgIpc) is 2.61. The molecule has 0 spiro atoms. The molecule has 0 saturated heterocycles. The summed E-state index contributed by atoms with van der Waals surface area (Å²) in [6.07, 6.45) is 2.14. The molecule has 0 radical (unpaired) electrons. The summed E-state index contributed by atoms with van der Waals surface area (Å²) in [6, 6.07) is 7.71. The van der Waals surface area contributed by atoms with Gasteiger partial charge >= 0.3 is 5.69 Å². The van der Waals surface area contributed by atoms with Crippen LogP contribution in [0.15, 0.2) is 29.1 Å². The number of fused-ring (bicyclic) bond motifs is 1. The van der Waals surface area contributed by atoms with Gasteiger partial charge in [-0.15, -0.1) is 0 Å². The third-order valence-corrected chi connectivity index (χ3v) is 2.84. The standard InChI is InChI=1S/C13H16N2O2/c1-2-8-14-11-6-3-4-7-12(11)15(13(14)17)9-5-10-16/h3-4,6-7,10H,2,5,8-9H2,1H3. The molecule has 0 atom stereocenters. The number of rotatable bonds is 5. The number of aromatic nitrogens is 2. The van der Waals surface area contributed by atoms with E-state index in [9.17, 15) is 9.59 Å². The molecule has 4 heteroatoms. The van der Waals surface area contributed by atoms with E-state index in [-0.39, 0.29) is 5.69 Å². The summed E-state index contributed by atoms with van der Waals surface area (Å²) in [7, 11) is 0. The fourth-order valence-corrected chi connectivity index (χ4v) is 2.11. The molecule has 0 aliphatic carbocycles. The lowest BCUT2D eigenvalue weighted by molar-refractivity contribution is -0.108. The van der Waals surface area contributed by atoms with Crippen LogP contribution >= 0.6 is 0 Å². The first-order valence-electron chi connectivity index (χ1n) is 5.91. The van der Waals surface area contributed by atoms with E-state index in [1.807, 2.05) is 31.2 Å². The van der Waals surface area contributed by atoms with Crippen LogP contribution in [-0.2, 0) is 17.9 Å². The normalized spacial score (nSPS) is 10.9. The van der Waals surface area contributed by atoms with Gasteiger partial charge in [0.05, 0.1) is 11.0 Å². The lowest BCUT2D eigenvalue weighted by Gasteiger charge is -1.98. The van der Waals surface area contributed by atoms with Crippen molar-refractivity contribution in [1.82, 2.24) is 9.13 Å². The Balaban J connectivity index is 2.61. The molecule has 2 aromatic rings. The van der Waals surface area contributed by atoms with E-state index in [4.69, 9.17) is 0 Å². The highest BCUT2D eigenvalue weighted by molar-refractivity contribution is 5.76. The van der Waals surface area contributed by atoms with Crippen LogP contribution in [0.5, 0.6) is 0 Å². The van der Waals surface area contributed by atoms with Gasteiger partial charge in [0.1, 0.15) is 6.29 Å². The van der Waals surface area contributed by atoms with Crippen LogP contribution in [0.4, 0.5) is 0 Å². The van der Waals surface area contributed by atoms with Crippen molar-refractivity contribution in [1.29, 1.82) is 0 Å². The summed E-state index contributed by atoms with van der Waals surface area (Å²) < 4.78 is 3.46. The minimum absolute atomic E-state index is 0.0186. The van der Waals surface area contributed by atoms with Crippen LogP contribution in [0, 0.1) is 0 Å². The van der Waals surface area contributed by atoms with Crippen LogP contribution in [0.2, 0.25) is 0 Å². The summed E-state index contributed by atoms with van der Waals surface area (Å²) in [5.41, 5.74) is 1.84. The summed E-state index contributed by atoms with van der Waals surface area (Å²) in [4.78, 5) is 22.6. The molecular weight excluding hydrogens is 216 g/mol. The first kappa shape index (κ1) is 11.6. The largest absolute Gasteiger partial charge is 0.329 e. The monoisotopic (exact) mass is 232 g/mol. The highest BCUT2D eigenvalue weighted by Crippen LogP contribution is 2.13. The molecule has 0 bridgehead atoms. The summed E-state index contributed by atoms with van der Waals surface area (Å²) >= 11 is 0. The molecule has 1 heterocycles. The SMILES string of the molecule is CCCn1c(=O)n(CCC=O)c2ccccc21. The molecule has 0 aliphatic heterocycles.